The van der Waals surface area contributed by atoms with Gasteiger partial charge in [-0.15, -0.1) is 22.7 Å². The molecule has 0 aliphatic carbocycles. The van der Waals surface area contributed by atoms with Crippen molar-refractivity contribution in [2.24, 2.45) is 0 Å². The van der Waals surface area contributed by atoms with Gasteiger partial charge in [0.1, 0.15) is 5.69 Å². The number of aromatic nitrogens is 6. The SMILES string of the molecule is Cc1cc2sc(-c3ccc(-c4cc(C(F)(F)F)n[n-]4)nc3)cc2s1.N#C[S-].O=C(O)c1ccnc(-c2cc(C(=O)O)cc(-c3cc(C(=O)O)ccn3)n2)c1.[Ru+2]. The van der Waals surface area contributed by atoms with Crippen molar-refractivity contribution < 1.29 is 62.4 Å². The van der Waals surface area contributed by atoms with E-state index in [2.05, 4.69) is 61.8 Å². The molecule has 0 amide bonds. The number of pyridine rings is 4. The molecule has 3 N–H and O–H groups in total. The van der Waals surface area contributed by atoms with Crippen LogP contribution in [0.15, 0.2) is 85.3 Å². The number of carboxylic acid groups (broad SMARTS) is 3. The first-order chi connectivity index (χ1) is 25.7. The van der Waals surface area contributed by atoms with E-state index in [0.717, 1.165) is 16.5 Å². The van der Waals surface area contributed by atoms with Gasteiger partial charge in [-0.25, -0.2) is 24.6 Å². The van der Waals surface area contributed by atoms with E-state index in [-0.39, 0.29) is 64.6 Å². The van der Waals surface area contributed by atoms with Crippen LogP contribution in [0.3, 0.4) is 0 Å². The number of hydrogen-bond acceptors (Lipinski definition) is 12. The average Bonchev–Trinajstić information content (AvgIpc) is 3.88. The fourth-order valence-corrected chi connectivity index (χ4v) is 6.98. The summed E-state index contributed by atoms with van der Waals surface area (Å²) in [6, 6.07) is 16.3. The van der Waals surface area contributed by atoms with Crippen LogP contribution in [-0.2, 0) is 38.3 Å². The summed E-state index contributed by atoms with van der Waals surface area (Å²) in [5.74, 6) is -3.56. The molecule has 0 spiro atoms. The molecule has 0 aliphatic rings. The molecule has 0 saturated heterocycles. The van der Waals surface area contributed by atoms with Crippen LogP contribution in [0.4, 0.5) is 13.2 Å². The molecule has 0 aromatic carbocycles. The van der Waals surface area contributed by atoms with Crippen LogP contribution < -0.4 is 5.10 Å². The van der Waals surface area contributed by atoms with Crippen LogP contribution in [0.5, 0.6) is 0 Å². The summed E-state index contributed by atoms with van der Waals surface area (Å²) in [5, 5.41) is 42.8. The van der Waals surface area contributed by atoms with E-state index >= 15 is 0 Å². The number of alkyl halides is 3. The van der Waals surface area contributed by atoms with Crippen LogP contribution in [-0.4, -0.2) is 58.3 Å². The average molecular weight is 889 g/mol. The monoisotopic (exact) mass is 889 g/mol. The number of nitriles is 1. The predicted octanol–water partition coefficient (Wildman–Crippen LogP) is 7.68. The summed E-state index contributed by atoms with van der Waals surface area (Å²) in [4.78, 5) is 52.7. The number of aryl methyl sites for hydroxylation is 1. The molecule has 7 heterocycles. The molecule has 0 unspecified atom stereocenters. The maximum absolute atomic E-state index is 12.6. The molecule has 13 nitrogen and oxygen atoms in total. The van der Waals surface area contributed by atoms with Crippen molar-refractivity contribution in [3.05, 3.63) is 113 Å². The van der Waals surface area contributed by atoms with Gasteiger partial charge in [0.05, 0.1) is 39.5 Å². The second-order valence-electron chi connectivity index (χ2n) is 10.7. The first-order valence-corrected chi connectivity index (χ1v) is 16.9. The van der Waals surface area contributed by atoms with Crippen molar-refractivity contribution in [2.45, 2.75) is 13.1 Å². The van der Waals surface area contributed by atoms with Gasteiger partial charge in [0.15, 0.2) is 0 Å². The molecule has 7 aromatic rings. The second kappa shape index (κ2) is 17.9. The van der Waals surface area contributed by atoms with Crippen LogP contribution in [0.25, 0.3) is 54.0 Å². The minimum absolute atomic E-state index is 0. The maximum atomic E-state index is 12.6. The van der Waals surface area contributed by atoms with E-state index in [9.17, 15) is 32.7 Å². The normalized spacial score (nSPS) is 10.5. The van der Waals surface area contributed by atoms with Crippen molar-refractivity contribution in [1.82, 2.24) is 30.1 Å². The molecule has 7 rings (SSSR count). The van der Waals surface area contributed by atoms with Gasteiger partial charge in [-0.05, 0) is 73.7 Å². The summed E-state index contributed by atoms with van der Waals surface area (Å²) >= 11 is 7.11. The zero-order valence-corrected chi connectivity index (χ0v) is 31.7. The summed E-state index contributed by atoms with van der Waals surface area (Å²) < 4.78 is 40.2. The van der Waals surface area contributed by atoms with Gasteiger partial charge < -0.3 is 38.1 Å². The third-order valence-electron chi connectivity index (χ3n) is 7.08. The number of thiophene rings is 2. The van der Waals surface area contributed by atoms with Gasteiger partial charge in [-0.3, -0.25) is 15.0 Å². The smallest absolute Gasteiger partial charge is 0.696 e. The second-order valence-corrected chi connectivity index (χ2v) is 13.3. The Morgan fingerprint density at radius 2 is 1.27 bits per heavy atom. The number of fused-ring (bicyclic) bond motifs is 1. The standard InChI is InChI=1S/C18H11N3O6.C16H9F3N3S2.CHNS.Ru/c22-16(23)9-1-3-19-12(5-9)14-7-11(18(26)27)8-15(21-14)13-6-10(17(24)25)2-4-20-13;1-8-4-13-14(23-8)6-12(24-13)9-2-3-10(20-7-9)11-5-15(22-21-11)16(17,18)19;2-1-3;/h1-8H,(H,22,23)(H,24,25)(H,26,27);2-7H,1H3;3H;/q;-1;;+2/p-1. The van der Waals surface area contributed by atoms with Gasteiger partial charge >= 0.3 is 43.6 Å². The minimum Gasteiger partial charge on any atom is -0.696 e. The number of halogens is 3. The van der Waals surface area contributed by atoms with E-state index in [1.807, 2.05) is 6.07 Å². The first kappa shape index (κ1) is 41.8. The molecule has 278 valence electrons. The minimum atomic E-state index is -4.49. The Morgan fingerprint density at radius 1 is 0.745 bits per heavy atom. The number of hydrogen-bond donors (Lipinski definition) is 3. The van der Waals surface area contributed by atoms with E-state index in [0.29, 0.717) is 5.69 Å². The molecular weight excluding hydrogens is 869 g/mol. The molecule has 0 radical (unpaired) electrons. The van der Waals surface area contributed by atoms with Gasteiger partial charge in [-0.2, -0.15) is 13.2 Å². The molecule has 0 aliphatic heterocycles. The topological polar surface area (TPSA) is 214 Å². The number of aromatic carboxylic acids is 3. The zero-order chi connectivity index (χ0) is 39.2. The molecule has 7 aromatic heterocycles. The summed E-state index contributed by atoms with van der Waals surface area (Å²) in [5.41, 5.74) is 0.795. The van der Waals surface area contributed by atoms with Crippen LogP contribution in [0, 0.1) is 17.6 Å². The molecule has 0 fully saturated rings. The zero-order valence-electron chi connectivity index (χ0n) is 27.5. The Morgan fingerprint density at radius 3 is 1.73 bits per heavy atom. The quantitative estimate of drug-likeness (QED) is 0.0796. The molecular formula is C35H20F3N7O6RuS3. The fourth-order valence-electron chi connectivity index (χ4n) is 4.67. The Bertz CT molecular complexity index is 2440. The first-order valence-electron chi connectivity index (χ1n) is 14.9. The Kier molecular flexibility index (Phi) is 13.6. The van der Waals surface area contributed by atoms with Gasteiger partial charge in [-0.1, -0.05) is 11.1 Å². The fraction of sp³-hybridized carbons (Fsp3) is 0.0571. The van der Waals surface area contributed by atoms with Crippen LogP contribution in [0.1, 0.15) is 41.6 Å². The van der Waals surface area contributed by atoms with Crippen molar-refractivity contribution in [3.63, 3.8) is 0 Å². The van der Waals surface area contributed by atoms with E-state index in [1.54, 1.807) is 34.9 Å². The van der Waals surface area contributed by atoms with Crippen molar-refractivity contribution in [2.75, 3.05) is 0 Å². The maximum Gasteiger partial charge on any atom is 2.00 e. The number of rotatable bonds is 7. The van der Waals surface area contributed by atoms with E-state index in [1.165, 1.54) is 68.5 Å². The van der Waals surface area contributed by atoms with Crippen molar-refractivity contribution >= 4 is 62.6 Å². The molecule has 20 heteroatoms. The number of thiocyanates is 1. The Hall–Kier alpha value is -6.00. The van der Waals surface area contributed by atoms with Crippen LogP contribution in [0.2, 0.25) is 0 Å². The summed E-state index contributed by atoms with van der Waals surface area (Å²) in [6.07, 6.45) is -0.292. The molecule has 55 heavy (non-hydrogen) atoms. The third-order valence-corrected chi connectivity index (χ3v) is 9.34. The van der Waals surface area contributed by atoms with Gasteiger partial charge in [0.2, 0.25) is 0 Å². The Balaban J connectivity index is 0.000000226. The molecule has 0 atom stereocenters. The summed E-state index contributed by atoms with van der Waals surface area (Å²) in [6.45, 7) is 2.07. The Labute approximate surface area is 334 Å². The number of carboxylic acids is 3. The molecule has 0 saturated carbocycles. The van der Waals surface area contributed by atoms with E-state index in [4.69, 9.17) is 15.5 Å². The van der Waals surface area contributed by atoms with Crippen molar-refractivity contribution in [1.29, 1.82) is 5.26 Å². The van der Waals surface area contributed by atoms with Crippen molar-refractivity contribution in [3.8, 4) is 50.0 Å². The third kappa shape index (κ3) is 10.4. The molecule has 0 bridgehead atoms. The number of nitrogens with zero attached hydrogens (tertiary/aromatic N) is 7. The number of carbonyl (C=O) groups is 3. The van der Waals surface area contributed by atoms with E-state index < -0.39 is 29.8 Å². The van der Waals surface area contributed by atoms with Gasteiger partial charge in [0.25, 0.3) is 0 Å². The summed E-state index contributed by atoms with van der Waals surface area (Å²) in [7, 11) is 0. The predicted molar refractivity (Wildman–Crippen MR) is 194 cm³/mol. The van der Waals surface area contributed by atoms with Crippen LogP contribution >= 0.6 is 22.7 Å². The largest absolute Gasteiger partial charge is 2.00 e. The van der Waals surface area contributed by atoms with Gasteiger partial charge in [0, 0.05) is 49.0 Å².